The van der Waals surface area contributed by atoms with Crippen LogP contribution in [0.1, 0.15) is 22.8 Å². The molecule has 0 saturated heterocycles. The SMILES string of the molecule is CCOc1ccc(C(=O)Nc2cccc(-c3nc4ccc(C)cc4o3)c2)cc1. The lowest BCUT2D eigenvalue weighted by Gasteiger charge is -2.07. The van der Waals surface area contributed by atoms with Gasteiger partial charge in [0.15, 0.2) is 5.58 Å². The number of aryl methyl sites for hydroxylation is 1. The third kappa shape index (κ3) is 3.74. The van der Waals surface area contributed by atoms with Gasteiger partial charge in [0.05, 0.1) is 6.61 Å². The Morgan fingerprint density at radius 3 is 2.68 bits per heavy atom. The van der Waals surface area contributed by atoms with Gasteiger partial charge in [-0.1, -0.05) is 12.1 Å². The summed E-state index contributed by atoms with van der Waals surface area (Å²) in [5.41, 5.74) is 4.72. The van der Waals surface area contributed by atoms with Crippen molar-refractivity contribution < 1.29 is 13.9 Å². The van der Waals surface area contributed by atoms with Gasteiger partial charge in [-0.05, 0) is 74.0 Å². The summed E-state index contributed by atoms with van der Waals surface area (Å²) in [5, 5.41) is 2.91. The Morgan fingerprint density at radius 2 is 1.89 bits per heavy atom. The van der Waals surface area contributed by atoms with Crippen molar-refractivity contribution in [2.24, 2.45) is 0 Å². The maximum absolute atomic E-state index is 12.5. The highest BCUT2D eigenvalue weighted by Crippen LogP contribution is 2.27. The molecule has 1 heterocycles. The van der Waals surface area contributed by atoms with Crippen molar-refractivity contribution in [3.8, 4) is 17.2 Å². The van der Waals surface area contributed by atoms with Crippen molar-refractivity contribution in [2.45, 2.75) is 13.8 Å². The molecule has 4 rings (SSSR count). The minimum absolute atomic E-state index is 0.187. The summed E-state index contributed by atoms with van der Waals surface area (Å²) in [5.74, 6) is 1.08. The van der Waals surface area contributed by atoms with Crippen LogP contribution in [0.4, 0.5) is 5.69 Å². The zero-order valence-corrected chi connectivity index (χ0v) is 15.7. The van der Waals surface area contributed by atoms with Gasteiger partial charge in [-0.2, -0.15) is 0 Å². The number of nitrogens with zero attached hydrogens (tertiary/aromatic N) is 1. The molecule has 0 saturated carbocycles. The lowest BCUT2D eigenvalue weighted by molar-refractivity contribution is 0.102. The van der Waals surface area contributed by atoms with E-state index >= 15 is 0 Å². The number of hydrogen-bond donors (Lipinski definition) is 1. The second kappa shape index (κ2) is 7.56. The number of hydrogen-bond acceptors (Lipinski definition) is 4. The molecule has 140 valence electrons. The Labute approximate surface area is 163 Å². The van der Waals surface area contributed by atoms with Gasteiger partial charge in [-0.15, -0.1) is 0 Å². The molecule has 0 aliphatic rings. The first-order valence-electron chi connectivity index (χ1n) is 9.14. The molecular formula is C23H20N2O3. The summed E-state index contributed by atoms with van der Waals surface area (Å²) in [6.45, 7) is 4.53. The molecule has 28 heavy (non-hydrogen) atoms. The van der Waals surface area contributed by atoms with Crippen molar-refractivity contribution in [1.29, 1.82) is 0 Å². The molecule has 5 heteroatoms. The lowest BCUT2D eigenvalue weighted by Crippen LogP contribution is -2.11. The molecule has 0 unspecified atom stereocenters. The van der Waals surface area contributed by atoms with Crippen LogP contribution in [0.3, 0.4) is 0 Å². The van der Waals surface area contributed by atoms with Gasteiger partial charge in [0.2, 0.25) is 5.89 Å². The van der Waals surface area contributed by atoms with E-state index in [1.807, 2.05) is 56.3 Å². The van der Waals surface area contributed by atoms with E-state index in [1.54, 1.807) is 24.3 Å². The van der Waals surface area contributed by atoms with Crippen LogP contribution in [0.2, 0.25) is 0 Å². The van der Waals surface area contributed by atoms with Crippen molar-refractivity contribution in [3.05, 3.63) is 77.9 Å². The molecule has 0 atom stereocenters. The fraction of sp³-hybridized carbons (Fsp3) is 0.130. The standard InChI is InChI=1S/C23H20N2O3/c1-3-27-19-10-8-16(9-11-19)22(26)24-18-6-4-5-17(14-18)23-25-20-12-7-15(2)13-21(20)28-23/h4-14H,3H2,1-2H3,(H,24,26). The third-order valence-corrected chi connectivity index (χ3v) is 4.34. The van der Waals surface area contributed by atoms with Crippen LogP contribution in [0.5, 0.6) is 5.75 Å². The summed E-state index contributed by atoms with van der Waals surface area (Å²) in [7, 11) is 0. The molecule has 0 spiro atoms. The predicted octanol–water partition coefficient (Wildman–Crippen LogP) is 5.45. The second-order valence-corrected chi connectivity index (χ2v) is 6.48. The second-order valence-electron chi connectivity index (χ2n) is 6.48. The summed E-state index contributed by atoms with van der Waals surface area (Å²) in [4.78, 5) is 17.1. The normalized spacial score (nSPS) is 10.8. The number of ether oxygens (including phenoxy) is 1. The Hall–Kier alpha value is -3.60. The quantitative estimate of drug-likeness (QED) is 0.506. The maximum Gasteiger partial charge on any atom is 0.255 e. The van der Waals surface area contributed by atoms with Crippen LogP contribution in [0.25, 0.3) is 22.6 Å². The Balaban J connectivity index is 1.55. The Morgan fingerprint density at radius 1 is 1.07 bits per heavy atom. The van der Waals surface area contributed by atoms with E-state index in [0.717, 1.165) is 28.0 Å². The molecule has 0 aliphatic heterocycles. The summed E-state index contributed by atoms with van der Waals surface area (Å²) in [6, 6.07) is 20.4. The van der Waals surface area contributed by atoms with E-state index in [1.165, 1.54) is 0 Å². The molecule has 5 nitrogen and oxygen atoms in total. The van der Waals surface area contributed by atoms with Crippen LogP contribution >= 0.6 is 0 Å². The number of fused-ring (bicyclic) bond motifs is 1. The highest BCUT2D eigenvalue weighted by molar-refractivity contribution is 6.04. The van der Waals surface area contributed by atoms with E-state index in [4.69, 9.17) is 9.15 Å². The molecular weight excluding hydrogens is 352 g/mol. The first-order valence-corrected chi connectivity index (χ1v) is 9.14. The van der Waals surface area contributed by atoms with E-state index in [9.17, 15) is 4.79 Å². The number of carbonyl (C=O) groups is 1. The number of oxazole rings is 1. The highest BCUT2D eigenvalue weighted by atomic mass is 16.5. The van der Waals surface area contributed by atoms with Gasteiger partial charge in [0.1, 0.15) is 11.3 Å². The van der Waals surface area contributed by atoms with E-state index < -0.39 is 0 Å². The molecule has 3 aromatic carbocycles. The smallest absolute Gasteiger partial charge is 0.255 e. The van der Waals surface area contributed by atoms with E-state index in [0.29, 0.717) is 23.7 Å². The van der Waals surface area contributed by atoms with Gasteiger partial charge in [-0.3, -0.25) is 4.79 Å². The average Bonchev–Trinajstić information content (AvgIpc) is 3.12. The van der Waals surface area contributed by atoms with Gasteiger partial charge >= 0.3 is 0 Å². The van der Waals surface area contributed by atoms with Crippen LogP contribution in [0, 0.1) is 6.92 Å². The molecule has 0 radical (unpaired) electrons. The minimum atomic E-state index is -0.187. The summed E-state index contributed by atoms with van der Waals surface area (Å²) in [6.07, 6.45) is 0. The van der Waals surface area contributed by atoms with Gasteiger partial charge in [0.25, 0.3) is 5.91 Å². The number of nitrogens with one attached hydrogen (secondary N) is 1. The number of amides is 1. The van der Waals surface area contributed by atoms with Crippen LogP contribution in [-0.4, -0.2) is 17.5 Å². The number of aromatic nitrogens is 1. The van der Waals surface area contributed by atoms with Gasteiger partial charge < -0.3 is 14.5 Å². The molecule has 0 bridgehead atoms. The van der Waals surface area contributed by atoms with Crippen molar-refractivity contribution in [2.75, 3.05) is 11.9 Å². The monoisotopic (exact) mass is 372 g/mol. The van der Waals surface area contributed by atoms with Crippen molar-refractivity contribution in [3.63, 3.8) is 0 Å². The minimum Gasteiger partial charge on any atom is -0.494 e. The number of rotatable bonds is 5. The molecule has 1 amide bonds. The first-order chi connectivity index (χ1) is 13.6. The Kier molecular flexibility index (Phi) is 4.81. The van der Waals surface area contributed by atoms with E-state index in [-0.39, 0.29) is 5.91 Å². The first kappa shape index (κ1) is 17.8. The number of carbonyl (C=O) groups excluding carboxylic acids is 1. The maximum atomic E-state index is 12.5. The van der Waals surface area contributed by atoms with Crippen LogP contribution in [-0.2, 0) is 0 Å². The summed E-state index contributed by atoms with van der Waals surface area (Å²) < 4.78 is 11.3. The molecule has 1 N–H and O–H groups in total. The zero-order valence-electron chi connectivity index (χ0n) is 15.7. The predicted molar refractivity (Wildman–Crippen MR) is 110 cm³/mol. The van der Waals surface area contributed by atoms with Crippen LogP contribution in [0.15, 0.2) is 71.1 Å². The fourth-order valence-electron chi connectivity index (χ4n) is 2.96. The fourth-order valence-corrected chi connectivity index (χ4v) is 2.96. The lowest BCUT2D eigenvalue weighted by atomic mass is 10.1. The molecule has 1 aromatic heterocycles. The van der Waals surface area contributed by atoms with Crippen LogP contribution < -0.4 is 10.1 Å². The summed E-state index contributed by atoms with van der Waals surface area (Å²) >= 11 is 0. The third-order valence-electron chi connectivity index (χ3n) is 4.34. The van der Waals surface area contributed by atoms with Crippen molar-refractivity contribution in [1.82, 2.24) is 4.98 Å². The number of anilines is 1. The van der Waals surface area contributed by atoms with Gasteiger partial charge in [0, 0.05) is 16.8 Å². The van der Waals surface area contributed by atoms with Gasteiger partial charge in [-0.25, -0.2) is 4.98 Å². The molecule has 4 aromatic rings. The molecule has 0 fully saturated rings. The van der Waals surface area contributed by atoms with Crippen molar-refractivity contribution >= 4 is 22.7 Å². The highest BCUT2D eigenvalue weighted by Gasteiger charge is 2.11. The average molecular weight is 372 g/mol. The molecule has 0 aliphatic carbocycles. The topological polar surface area (TPSA) is 64.4 Å². The Bertz CT molecular complexity index is 1130. The number of benzene rings is 3. The largest absolute Gasteiger partial charge is 0.494 e. The zero-order chi connectivity index (χ0) is 19.5. The van der Waals surface area contributed by atoms with E-state index in [2.05, 4.69) is 10.3 Å².